The van der Waals surface area contributed by atoms with Crippen LogP contribution in [0.3, 0.4) is 0 Å². The zero-order valence-corrected chi connectivity index (χ0v) is 14.2. The highest BCUT2D eigenvalue weighted by Crippen LogP contribution is 2.37. The molecule has 1 fully saturated rings. The summed E-state index contributed by atoms with van der Waals surface area (Å²) in [7, 11) is -3.58. The van der Waals surface area contributed by atoms with Crippen LogP contribution in [0.25, 0.3) is 0 Å². The molecule has 0 bridgehead atoms. The molecule has 1 aliphatic rings. The number of sulfonamides is 1. The molecule has 0 radical (unpaired) electrons. The van der Waals surface area contributed by atoms with E-state index in [2.05, 4.69) is 0 Å². The molecule has 0 unspecified atom stereocenters. The highest BCUT2D eigenvalue weighted by Gasteiger charge is 2.40. The third-order valence-corrected chi connectivity index (χ3v) is 6.87. The van der Waals surface area contributed by atoms with Gasteiger partial charge in [-0.15, -0.1) is 0 Å². The molecule has 0 saturated carbocycles. The third kappa shape index (κ3) is 2.62. The van der Waals surface area contributed by atoms with Crippen molar-refractivity contribution in [1.29, 1.82) is 0 Å². The summed E-state index contributed by atoms with van der Waals surface area (Å²) in [5, 5.41) is 13.6. The molecule has 1 saturated heterocycles. The smallest absolute Gasteiger partial charge is 0.246 e. The maximum absolute atomic E-state index is 12.8. The van der Waals surface area contributed by atoms with E-state index in [9.17, 15) is 13.5 Å². The van der Waals surface area contributed by atoms with Gasteiger partial charge in [0.1, 0.15) is 16.4 Å². The van der Waals surface area contributed by atoms with E-state index in [1.54, 1.807) is 31.3 Å². The van der Waals surface area contributed by atoms with E-state index in [0.717, 1.165) is 5.56 Å². The summed E-state index contributed by atoms with van der Waals surface area (Å²) in [4.78, 5) is 0.229. The molecule has 120 valence electrons. The van der Waals surface area contributed by atoms with E-state index in [1.807, 2.05) is 16.8 Å². The predicted octanol–water partition coefficient (Wildman–Crippen LogP) is 2.35. The van der Waals surface area contributed by atoms with E-state index in [4.69, 9.17) is 4.42 Å². The molecule has 2 aromatic rings. The minimum Gasteiger partial charge on any atom is -0.465 e. The van der Waals surface area contributed by atoms with E-state index in [-0.39, 0.29) is 23.3 Å². The molecule has 0 aromatic carbocycles. The fraction of sp³-hybridized carbons (Fsp3) is 0.467. The monoisotopic (exact) mass is 341 g/mol. The lowest BCUT2D eigenvalue weighted by atomic mass is 9.92. The SMILES string of the molecule is Cc1cc(S(=O)(=O)N2C[C@H](CO)[C@@H](c3ccsc3)C2)c(C)o1. The molecule has 2 aromatic heterocycles. The summed E-state index contributed by atoms with van der Waals surface area (Å²) < 4.78 is 32.5. The lowest BCUT2D eigenvalue weighted by Crippen LogP contribution is -2.29. The first-order valence-electron chi connectivity index (χ1n) is 7.13. The van der Waals surface area contributed by atoms with Gasteiger partial charge in [0.05, 0.1) is 0 Å². The number of hydrogen-bond donors (Lipinski definition) is 1. The Kier molecular flexibility index (Phi) is 4.15. The molecule has 3 rings (SSSR count). The number of aliphatic hydroxyl groups is 1. The molecule has 3 heterocycles. The number of thiophene rings is 1. The van der Waals surface area contributed by atoms with Gasteiger partial charge in [0.15, 0.2) is 0 Å². The molecule has 1 aliphatic heterocycles. The van der Waals surface area contributed by atoms with E-state index in [1.165, 1.54) is 4.31 Å². The molecule has 2 atom stereocenters. The van der Waals surface area contributed by atoms with Crippen LogP contribution in [0.15, 0.2) is 32.2 Å². The highest BCUT2D eigenvalue weighted by atomic mass is 32.2. The molecule has 1 N–H and O–H groups in total. The summed E-state index contributed by atoms with van der Waals surface area (Å²) in [5.74, 6) is 0.970. The Bertz CT molecular complexity index is 749. The lowest BCUT2D eigenvalue weighted by molar-refractivity contribution is 0.223. The normalized spacial score (nSPS) is 23.2. The Labute approximate surface area is 134 Å². The second kappa shape index (κ2) is 5.81. The number of hydrogen-bond acceptors (Lipinski definition) is 5. The lowest BCUT2D eigenvalue weighted by Gasteiger charge is -2.15. The highest BCUT2D eigenvalue weighted by molar-refractivity contribution is 7.89. The summed E-state index contributed by atoms with van der Waals surface area (Å²) >= 11 is 1.59. The summed E-state index contributed by atoms with van der Waals surface area (Å²) in [6, 6.07) is 3.57. The van der Waals surface area contributed by atoms with Crippen molar-refractivity contribution in [2.75, 3.05) is 19.7 Å². The van der Waals surface area contributed by atoms with Crippen molar-refractivity contribution in [3.8, 4) is 0 Å². The first-order valence-corrected chi connectivity index (χ1v) is 9.52. The first kappa shape index (κ1) is 15.7. The molecule has 0 amide bonds. The Morgan fingerprint density at radius 1 is 1.41 bits per heavy atom. The molecular weight excluding hydrogens is 322 g/mol. The van der Waals surface area contributed by atoms with E-state index >= 15 is 0 Å². The van der Waals surface area contributed by atoms with Crippen molar-refractivity contribution >= 4 is 21.4 Å². The van der Waals surface area contributed by atoms with Gasteiger partial charge in [-0.1, -0.05) is 0 Å². The Balaban J connectivity index is 1.91. The van der Waals surface area contributed by atoms with Crippen molar-refractivity contribution in [1.82, 2.24) is 4.31 Å². The standard InChI is InChI=1S/C15H19NO4S2/c1-10-5-15(11(2)20-10)22(18,19)16-6-13(8-17)14(7-16)12-3-4-21-9-12/h3-5,9,13-14,17H,6-8H2,1-2H3/t13-,14-/m1/s1. The van der Waals surface area contributed by atoms with Gasteiger partial charge in [-0.25, -0.2) is 8.42 Å². The zero-order chi connectivity index (χ0) is 15.9. The van der Waals surface area contributed by atoms with Crippen LogP contribution in [0.2, 0.25) is 0 Å². The van der Waals surface area contributed by atoms with Crippen molar-refractivity contribution in [2.24, 2.45) is 5.92 Å². The van der Waals surface area contributed by atoms with Gasteiger partial charge in [0, 0.05) is 31.5 Å². The van der Waals surface area contributed by atoms with Crippen LogP contribution < -0.4 is 0 Å². The maximum atomic E-state index is 12.8. The molecule has 22 heavy (non-hydrogen) atoms. The quantitative estimate of drug-likeness (QED) is 0.927. The van der Waals surface area contributed by atoms with Crippen LogP contribution in [0.4, 0.5) is 0 Å². The van der Waals surface area contributed by atoms with E-state index < -0.39 is 10.0 Å². The van der Waals surface area contributed by atoms with Crippen molar-refractivity contribution in [3.05, 3.63) is 40.0 Å². The number of furan rings is 1. The average Bonchev–Trinajstić information content (AvgIpc) is 3.16. The van der Waals surface area contributed by atoms with Crippen LogP contribution in [0, 0.1) is 19.8 Å². The minimum atomic E-state index is -3.58. The van der Waals surface area contributed by atoms with Crippen LogP contribution in [0.5, 0.6) is 0 Å². The topological polar surface area (TPSA) is 70.8 Å². The van der Waals surface area contributed by atoms with Crippen LogP contribution in [-0.2, 0) is 10.0 Å². The predicted molar refractivity (Wildman–Crippen MR) is 84.6 cm³/mol. The summed E-state index contributed by atoms with van der Waals surface area (Å²) in [6.07, 6.45) is 0. The average molecular weight is 341 g/mol. The Hall–Kier alpha value is -1.15. The van der Waals surface area contributed by atoms with Crippen molar-refractivity contribution in [2.45, 2.75) is 24.7 Å². The van der Waals surface area contributed by atoms with Gasteiger partial charge in [-0.2, -0.15) is 15.6 Å². The molecule has 0 spiro atoms. The molecule has 7 heteroatoms. The summed E-state index contributed by atoms with van der Waals surface area (Å²) in [5.41, 5.74) is 1.10. The molecule has 5 nitrogen and oxygen atoms in total. The van der Waals surface area contributed by atoms with Crippen LogP contribution in [0.1, 0.15) is 23.0 Å². The van der Waals surface area contributed by atoms with Crippen LogP contribution in [-0.4, -0.2) is 37.5 Å². The van der Waals surface area contributed by atoms with Crippen molar-refractivity contribution in [3.63, 3.8) is 0 Å². The Morgan fingerprint density at radius 3 is 2.73 bits per heavy atom. The van der Waals surface area contributed by atoms with Gasteiger partial charge < -0.3 is 9.52 Å². The first-order chi connectivity index (χ1) is 10.4. The zero-order valence-electron chi connectivity index (χ0n) is 12.5. The fourth-order valence-electron chi connectivity index (χ4n) is 3.08. The van der Waals surface area contributed by atoms with Gasteiger partial charge in [0.25, 0.3) is 0 Å². The minimum absolute atomic E-state index is 0.0179. The van der Waals surface area contributed by atoms with Crippen LogP contribution >= 0.6 is 11.3 Å². The second-order valence-corrected chi connectivity index (χ2v) is 8.39. The Morgan fingerprint density at radius 2 is 2.18 bits per heavy atom. The molecule has 0 aliphatic carbocycles. The van der Waals surface area contributed by atoms with E-state index in [0.29, 0.717) is 24.6 Å². The van der Waals surface area contributed by atoms with Gasteiger partial charge in [0.2, 0.25) is 10.0 Å². The largest absolute Gasteiger partial charge is 0.465 e. The van der Waals surface area contributed by atoms with Gasteiger partial charge in [-0.05, 0) is 42.3 Å². The number of aliphatic hydroxyl groups excluding tert-OH is 1. The second-order valence-electron chi connectivity index (χ2n) is 5.71. The number of nitrogens with zero attached hydrogens (tertiary/aromatic N) is 1. The maximum Gasteiger partial charge on any atom is 0.246 e. The summed E-state index contributed by atoms with van der Waals surface area (Å²) in [6.45, 7) is 4.11. The van der Waals surface area contributed by atoms with Gasteiger partial charge >= 0.3 is 0 Å². The third-order valence-electron chi connectivity index (χ3n) is 4.23. The number of rotatable bonds is 4. The van der Waals surface area contributed by atoms with Crippen molar-refractivity contribution < 1.29 is 17.9 Å². The molecular formula is C15H19NO4S2. The fourth-order valence-corrected chi connectivity index (χ4v) is 5.55. The van der Waals surface area contributed by atoms with Gasteiger partial charge in [-0.3, -0.25) is 0 Å². The number of aryl methyl sites for hydroxylation is 2.